The van der Waals surface area contributed by atoms with Crippen LogP contribution in [0.15, 0.2) is 29.6 Å². The fourth-order valence-electron chi connectivity index (χ4n) is 2.65. The molecule has 0 atom stereocenters. The molecule has 1 aromatic carbocycles. The van der Waals surface area contributed by atoms with Gasteiger partial charge in [-0.2, -0.15) is 0 Å². The van der Waals surface area contributed by atoms with E-state index in [-0.39, 0.29) is 5.91 Å². The number of nitrogens with zero attached hydrogens (tertiary/aromatic N) is 3. The Bertz CT molecular complexity index is 642. The lowest BCUT2D eigenvalue weighted by Gasteiger charge is -2.34. The van der Waals surface area contributed by atoms with E-state index in [9.17, 15) is 4.79 Å². The minimum Gasteiger partial charge on any atom is -0.336 e. The summed E-state index contributed by atoms with van der Waals surface area (Å²) in [5.74, 6) is 0.143. The topological polar surface area (TPSA) is 36.4 Å². The molecule has 116 valence electrons. The Balaban J connectivity index is 1.55. The third-order valence-electron chi connectivity index (χ3n) is 3.98. The maximum Gasteiger partial charge on any atom is 0.253 e. The van der Waals surface area contributed by atoms with Crippen LogP contribution in [0.2, 0.25) is 0 Å². The van der Waals surface area contributed by atoms with Gasteiger partial charge in [-0.05, 0) is 26.0 Å². The van der Waals surface area contributed by atoms with E-state index in [4.69, 9.17) is 0 Å². The van der Waals surface area contributed by atoms with Crippen LogP contribution >= 0.6 is 11.3 Å². The highest BCUT2D eigenvalue weighted by Gasteiger charge is 2.22. The molecule has 1 amide bonds. The van der Waals surface area contributed by atoms with Crippen molar-refractivity contribution in [3.8, 4) is 0 Å². The minimum absolute atomic E-state index is 0.143. The van der Waals surface area contributed by atoms with E-state index in [1.165, 1.54) is 5.56 Å². The lowest BCUT2D eigenvalue weighted by Crippen LogP contribution is -2.48. The Kier molecular flexibility index (Phi) is 4.55. The van der Waals surface area contributed by atoms with Gasteiger partial charge in [0.1, 0.15) is 5.01 Å². The molecule has 0 bridgehead atoms. The second-order valence-electron chi connectivity index (χ2n) is 5.82. The summed E-state index contributed by atoms with van der Waals surface area (Å²) < 4.78 is 0. The van der Waals surface area contributed by atoms with E-state index >= 15 is 0 Å². The van der Waals surface area contributed by atoms with Crippen molar-refractivity contribution in [3.63, 3.8) is 0 Å². The van der Waals surface area contributed by atoms with Gasteiger partial charge in [-0.1, -0.05) is 17.7 Å². The first kappa shape index (κ1) is 15.2. The predicted octanol–water partition coefficient (Wildman–Crippen LogP) is 2.72. The van der Waals surface area contributed by atoms with Gasteiger partial charge < -0.3 is 4.90 Å². The highest BCUT2D eigenvalue weighted by Crippen LogP contribution is 2.15. The highest BCUT2D eigenvalue weighted by molar-refractivity contribution is 7.09. The number of aromatic nitrogens is 1. The van der Waals surface area contributed by atoms with Crippen LogP contribution in [0.5, 0.6) is 0 Å². The first-order valence-electron chi connectivity index (χ1n) is 7.61. The van der Waals surface area contributed by atoms with Crippen LogP contribution in [-0.2, 0) is 6.54 Å². The second kappa shape index (κ2) is 6.58. The smallest absolute Gasteiger partial charge is 0.253 e. The summed E-state index contributed by atoms with van der Waals surface area (Å²) in [6.07, 6.45) is 0. The zero-order chi connectivity index (χ0) is 15.5. The highest BCUT2D eigenvalue weighted by atomic mass is 32.1. The number of hydrogen-bond donors (Lipinski definition) is 0. The van der Waals surface area contributed by atoms with Crippen molar-refractivity contribution >= 4 is 17.2 Å². The molecule has 1 saturated heterocycles. The fraction of sp³-hybridized carbons (Fsp3) is 0.412. The standard InChI is InChI=1S/C17H21N3OS/c1-13-3-5-15(6-4-13)17(21)20-9-7-19(8-10-20)11-16-18-14(2)12-22-16/h3-6,12H,7-11H2,1-2H3. The molecule has 1 fully saturated rings. The molecule has 0 radical (unpaired) electrons. The molecule has 1 aromatic heterocycles. The monoisotopic (exact) mass is 315 g/mol. The van der Waals surface area contributed by atoms with Gasteiger partial charge >= 0.3 is 0 Å². The zero-order valence-corrected chi connectivity index (χ0v) is 13.9. The van der Waals surface area contributed by atoms with Crippen LogP contribution in [0.1, 0.15) is 26.6 Å². The van der Waals surface area contributed by atoms with Gasteiger partial charge in [-0.25, -0.2) is 4.98 Å². The molecule has 0 N–H and O–H groups in total. The van der Waals surface area contributed by atoms with Crippen LogP contribution in [0.25, 0.3) is 0 Å². The average molecular weight is 315 g/mol. The minimum atomic E-state index is 0.143. The molecule has 0 unspecified atom stereocenters. The Hall–Kier alpha value is -1.72. The Labute approximate surface area is 135 Å². The van der Waals surface area contributed by atoms with Gasteiger partial charge in [0.2, 0.25) is 0 Å². The first-order chi connectivity index (χ1) is 10.6. The number of carbonyl (C=O) groups excluding carboxylic acids is 1. The van der Waals surface area contributed by atoms with Gasteiger partial charge in [0.25, 0.3) is 5.91 Å². The number of rotatable bonds is 3. The van der Waals surface area contributed by atoms with Gasteiger partial charge in [-0.15, -0.1) is 11.3 Å². The molecular formula is C17H21N3OS. The summed E-state index contributed by atoms with van der Waals surface area (Å²) in [5, 5.41) is 3.25. The second-order valence-corrected chi connectivity index (χ2v) is 6.76. The van der Waals surface area contributed by atoms with Gasteiger partial charge in [0.05, 0.1) is 6.54 Å². The fourth-order valence-corrected chi connectivity index (χ4v) is 3.47. The summed E-state index contributed by atoms with van der Waals surface area (Å²) in [4.78, 5) is 21.3. The number of piperazine rings is 1. The Morgan fingerprint density at radius 1 is 1.14 bits per heavy atom. The molecule has 0 aliphatic carbocycles. The number of benzene rings is 1. The lowest BCUT2D eigenvalue weighted by molar-refractivity contribution is 0.0628. The van der Waals surface area contributed by atoms with Gasteiger partial charge in [0, 0.05) is 42.8 Å². The Morgan fingerprint density at radius 2 is 1.82 bits per heavy atom. The summed E-state index contributed by atoms with van der Waals surface area (Å²) in [6, 6.07) is 7.83. The Morgan fingerprint density at radius 3 is 2.41 bits per heavy atom. The van der Waals surface area contributed by atoms with Crippen LogP contribution in [0.4, 0.5) is 0 Å². The predicted molar refractivity (Wildman–Crippen MR) is 89.2 cm³/mol. The number of amides is 1. The molecule has 2 aromatic rings. The maximum absolute atomic E-state index is 12.5. The molecule has 1 aliphatic heterocycles. The first-order valence-corrected chi connectivity index (χ1v) is 8.49. The number of aryl methyl sites for hydroxylation is 2. The van der Waals surface area contributed by atoms with Crippen LogP contribution in [-0.4, -0.2) is 46.9 Å². The number of hydrogen-bond acceptors (Lipinski definition) is 4. The molecule has 22 heavy (non-hydrogen) atoms. The molecule has 4 nitrogen and oxygen atoms in total. The van der Waals surface area contributed by atoms with E-state index in [0.717, 1.165) is 49.0 Å². The molecular weight excluding hydrogens is 294 g/mol. The van der Waals surface area contributed by atoms with Crippen molar-refractivity contribution in [2.75, 3.05) is 26.2 Å². The summed E-state index contributed by atoms with van der Waals surface area (Å²) in [6.45, 7) is 8.36. The number of carbonyl (C=O) groups is 1. The molecule has 0 saturated carbocycles. The van der Waals surface area contributed by atoms with Gasteiger partial charge in [0.15, 0.2) is 0 Å². The molecule has 0 spiro atoms. The normalized spacial score (nSPS) is 16.0. The quantitative estimate of drug-likeness (QED) is 0.874. The van der Waals surface area contributed by atoms with Crippen LogP contribution < -0.4 is 0 Å². The van der Waals surface area contributed by atoms with Crippen molar-refractivity contribution in [3.05, 3.63) is 51.5 Å². The van der Waals surface area contributed by atoms with Crippen molar-refractivity contribution in [2.45, 2.75) is 20.4 Å². The van der Waals surface area contributed by atoms with Crippen molar-refractivity contribution in [1.29, 1.82) is 0 Å². The van der Waals surface area contributed by atoms with E-state index in [1.54, 1.807) is 11.3 Å². The largest absolute Gasteiger partial charge is 0.336 e. The van der Waals surface area contributed by atoms with E-state index in [0.29, 0.717) is 0 Å². The van der Waals surface area contributed by atoms with Gasteiger partial charge in [-0.3, -0.25) is 9.69 Å². The summed E-state index contributed by atoms with van der Waals surface area (Å²) in [5.41, 5.74) is 3.06. The summed E-state index contributed by atoms with van der Waals surface area (Å²) >= 11 is 1.72. The van der Waals surface area contributed by atoms with Crippen LogP contribution in [0.3, 0.4) is 0 Å². The molecule has 2 heterocycles. The molecule has 1 aliphatic rings. The third kappa shape index (κ3) is 3.54. The zero-order valence-electron chi connectivity index (χ0n) is 13.1. The average Bonchev–Trinajstić information content (AvgIpc) is 2.93. The van der Waals surface area contributed by atoms with Crippen molar-refractivity contribution in [2.24, 2.45) is 0 Å². The number of thiazole rings is 1. The van der Waals surface area contributed by atoms with Crippen molar-refractivity contribution in [1.82, 2.24) is 14.8 Å². The SMILES string of the molecule is Cc1ccc(C(=O)N2CCN(Cc3nc(C)cs3)CC2)cc1. The molecule has 5 heteroatoms. The third-order valence-corrected chi connectivity index (χ3v) is 4.93. The van der Waals surface area contributed by atoms with Crippen molar-refractivity contribution < 1.29 is 4.79 Å². The maximum atomic E-state index is 12.5. The molecule has 3 rings (SSSR count). The van der Waals surface area contributed by atoms with E-state index in [2.05, 4.69) is 15.3 Å². The van der Waals surface area contributed by atoms with E-state index < -0.39 is 0 Å². The lowest BCUT2D eigenvalue weighted by atomic mass is 10.1. The van der Waals surface area contributed by atoms with Crippen LogP contribution in [0, 0.1) is 13.8 Å². The van der Waals surface area contributed by atoms with E-state index in [1.807, 2.05) is 43.0 Å². The summed E-state index contributed by atoms with van der Waals surface area (Å²) in [7, 11) is 0.